The van der Waals surface area contributed by atoms with Gasteiger partial charge in [0.05, 0.1) is 31.1 Å². The number of nitrogens with zero attached hydrogens (tertiary/aromatic N) is 3. The Morgan fingerprint density at radius 2 is 1.86 bits per heavy atom. The van der Waals surface area contributed by atoms with E-state index in [1.54, 1.807) is 0 Å². The lowest BCUT2D eigenvalue weighted by atomic mass is 9.90. The van der Waals surface area contributed by atoms with Gasteiger partial charge in [-0.25, -0.2) is 0 Å². The maximum absolute atomic E-state index is 13.2. The summed E-state index contributed by atoms with van der Waals surface area (Å²) in [4.78, 5) is 22.7. The Morgan fingerprint density at radius 3 is 2.62 bits per heavy atom. The summed E-state index contributed by atoms with van der Waals surface area (Å²) in [6.07, 6.45) is 1.82. The Balaban J connectivity index is 1.31. The fraction of sp³-hybridized carbons (Fsp3) is 0.536. The van der Waals surface area contributed by atoms with Gasteiger partial charge in [0, 0.05) is 63.0 Å². The Morgan fingerprint density at radius 1 is 1.11 bits per heavy atom. The highest BCUT2D eigenvalue weighted by atomic mass is 32.1. The first kappa shape index (κ1) is 27.3. The number of carbonyl (C=O) groups is 1. The second-order valence-electron chi connectivity index (χ2n) is 9.56. The topological polar surface area (TPSA) is 79.0 Å². The number of rotatable bonds is 9. The summed E-state index contributed by atoms with van der Waals surface area (Å²) in [6, 6.07) is 11.6. The number of aryl methyl sites for hydroxylation is 1. The SMILES string of the molecule is CCOc1ccccc1CNC(=O)c1ccc(C)nc1C1CCN(C(=S)NCCN2CCOCC2)CC1. The number of piperidine rings is 1. The van der Waals surface area contributed by atoms with Crippen molar-refractivity contribution in [3.63, 3.8) is 0 Å². The lowest BCUT2D eigenvalue weighted by molar-refractivity contribution is 0.0388. The minimum absolute atomic E-state index is 0.100. The lowest BCUT2D eigenvalue weighted by Gasteiger charge is -2.34. The molecule has 0 aliphatic carbocycles. The average Bonchev–Trinajstić information content (AvgIpc) is 2.93. The van der Waals surface area contributed by atoms with Gasteiger partial charge in [-0.1, -0.05) is 18.2 Å². The summed E-state index contributed by atoms with van der Waals surface area (Å²) < 4.78 is 11.1. The van der Waals surface area contributed by atoms with E-state index >= 15 is 0 Å². The van der Waals surface area contributed by atoms with Crippen LogP contribution in [0.25, 0.3) is 0 Å². The molecule has 37 heavy (non-hydrogen) atoms. The van der Waals surface area contributed by atoms with E-state index in [1.807, 2.05) is 50.2 Å². The highest BCUT2D eigenvalue weighted by molar-refractivity contribution is 7.80. The van der Waals surface area contributed by atoms with Crippen LogP contribution in [0.4, 0.5) is 0 Å². The van der Waals surface area contributed by atoms with Crippen molar-refractivity contribution in [3.05, 3.63) is 58.9 Å². The largest absolute Gasteiger partial charge is 0.494 e. The van der Waals surface area contributed by atoms with Gasteiger partial charge in [0.15, 0.2) is 5.11 Å². The summed E-state index contributed by atoms with van der Waals surface area (Å²) in [6.45, 7) is 12.0. The highest BCUT2D eigenvalue weighted by Gasteiger charge is 2.27. The third-order valence-corrected chi connectivity index (χ3v) is 7.40. The van der Waals surface area contributed by atoms with Gasteiger partial charge in [-0.2, -0.15) is 0 Å². The maximum atomic E-state index is 13.2. The van der Waals surface area contributed by atoms with Crippen molar-refractivity contribution in [1.82, 2.24) is 25.4 Å². The molecule has 9 heteroatoms. The average molecular weight is 526 g/mol. The van der Waals surface area contributed by atoms with E-state index in [9.17, 15) is 4.79 Å². The van der Waals surface area contributed by atoms with Gasteiger partial charge >= 0.3 is 0 Å². The zero-order chi connectivity index (χ0) is 26.0. The van der Waals surface area contributed by atoms with Gasteiger partial charge in [0.25, 0.3) is 5.91 Å². The summed E-state index contributed by atoms with van der Waals surface area (Å²) in [5.41, 5.74) is 3.43. The van der Waals surface area contributed by atoms with Crippen molar-refractivity contribution in [2.75, 3.05) is 59.1 Å². The summed E-state index contributed by atoms with van der Waals surface area (Å²) >= 11 is 5.68. The first-order valence-corrected chi connectivity index (χ1v) is 13.7. The van der Waals surface area contributed by atoms with Gasteiger partial charge in [0.2, 0.25) is 0 Å². The van der Waals surface area contributed by atoms with Gasteiger partial charge in [-0.3, -0.25) is 14.7 Å². The molecule has 2 fully saturated rings. The molecule has 8 nitrogen and oxygen atoms in total. The molecule has 0 atom stereocenters. The van der Waals surface area contributed by atoms with E-state index < -0.39 is 0 Å². The molecule has 2 aromatic rings. The molecule has 2 N–H and O–H groups in total. The third-order valence-electron chi connectivity index (χ3n) is 7.00. The second kappa shape index (κ2) is 13.7. The number of morpholine rings is 1. The van der Waals surface area contributed by atoms with Crippen molar-refractivity contribution in [1.29, 1.82) is 0 Å². The van der Waals surface area contributed by atoms with Crippen LogP contribution < -0.4 is 15.4 Å². The monoisotopic (exact) mass is 525 g/mol. The summed E-state index contributed by atoms with van der Waals surface area (Å²) in [5.74, 6) is 0.926. The number of carbonyl (C=O) groups excluding carboxylic acids is 1. The van der Waals surface area contributed by atoms with Gasteiger partial charge < -0.3 is 25.0 Å². The number of nitrogens with one attached hydrogen (secondary N) is 2. The number of amides is 1. The van der Waals surface area contributed by atoms with E-state index in [0.717, 1.165) is 93.1 Å². The predicted octanol–water partition coefficient (Wildman–Crippen LogP) is 3.10. The summed E-state index contributed by atoms with van der Waals surface area (Å²) in [7, 11) is 0. The number of hydrogen-bond acceptors (Lipinski definition) is 6. The van der Waals surface area contributed by atoms with Crippen LogP contribution in [0.15, 0.2) is 36.4 Å². The molecule has 1 aromatic carbocycles. The molecular weight excluding hydrogens is 486 g/mol. The number of likely N-dealkylation sites (tertiary alicyclic amines) is 1. The number of aromatic nitrogens is 1. The van der Waals surface area contributed by atoms with Crippen LogP contribution in [-0.4, -0.2) is 84.9 Å². The van der Waals surface area contributed by atoms with E-state index in [2.05, 4.69) is 20.4 Å². The Labute approximate surface area is 225 Å². The standard InChI is InChI=1S/C28H39N5O3S/c1-3-36-25-7-5-4-6-23(25)20-30-27(34)24-9-8-21(2)31-26(24)22-10-13-33(14-11-22)28(37)29-12-15-32-16-18-35-19-17-32/h4-9,22H,3,10-20H2,1-2H3,(H,29,37)(H,30,34). The van der Waals surface area contributed by atoms with Crippen LogP contribution in [0, 0.1) is 6.92 Å². The van der Waals surface area contributed by atoms with Crippen LogP contribution in [-0.2, 0) is 11.3 Å². The zero-order valence-electron chi connectivity index (χ0n) is 22.0. The molecule has 200 valence electrons. The van der Waals surface area contributed by atoms with E-state index in [1.165, 1.54) is 0 Å². The number of para-hydroxylation sites is 1. The molecule has 2 aliphatic rings. The van der Waals surface area contributed by atoms with Crippen molar-refractivity contribution in [2.24, 2.45) is 0 Å². The minimum Gasteiger partial charge on any atom is -0.494 e. The molecule has 1 amide bonds. The van der Waals surface area contributed by atoms with Crippen LogP contribution >= 0.6 is 12.2 Å². The molecule has 0 saturated carbocycles. The lowest BCUT2D eigenvalue weighted by Crippen LogP contribution is -2.47. The molecule has 0 radical (unpaired) electrons. The molecule has 0 spiro atoms. The normalized spacial score (nSPS) is 16.9. The summed E-state index contributed by atoms with van der Waals surface area (Å²) in [5, 5.41) is 7.32. The molecule has 2 saturated heterocycles. The molecule has 2 aliphatic heterocycles. The molecule has 4 rings (SSSR count). The van der Waals surface area contributed by atoms with Crippen LogP contribution in [0.1, 0.15) is 53.0 Å². The first-order valence-electron chi connectivity index (χ1n) is 13.3. The van der Waals surface area contributed by atoms with Crippen LogP contribution in [0.2, 0.25) is 0 Å². The van der Waals surface area contributed by atoms with Gasteiger partial charge in [0.1, 0.15) is 5.75 Å². The molecule has 0 bridgehead atoms. The zero-order valence-corrected chi connectivity index (χ0v) is 22.8. The van der Waals surface area contributed by atoms with E-state index in [0.29, 0.717) is 18.7 Å². The van der Waals surface area contributed by atoms with Crippen LogP contribution in [0.3, 0.4) is 0 Å². The van der Waals surface area contributed by atoms with Crippen molar-refractivity contribution in [2.45, 2.75) is 39.2 Å². The van der Waals surface area contributed by atoms with Gasteiger partial charge in [-0.05, 0) is 57.1 Å². The Kier molecular flexibility index (Phi) is 10.1. The predicted molar refractivity (Wildman–Crippen MR) is 149 cm³/mol. The fourth-order valence-electron chi connectivity index (χ4n) is 4.91. The van der Waals surface area contributed by atoms with E-state index in [-0.39, 0.29) is 11.8 Å². The van der Waals surface area contributed by atoms with Crippen LogP contribution in [0.5, 0.6) is 5.75 Å². The minimum atomic E-state index is -0.100. The van der Waals surface area contributed by atoms with Gasteiger partial charge in [-0.15, -0.1) is 0 Å². The number of pyridine rings is 1. The number of thiocarbonyl (C=S) groups is 1. The first-order chi connectivity index (χ1) is 18.0. The highest BCUT2D eigenvalue weighted by Crippen LogP contribution is 2.29. The number of hydrogen-bond donors (Lipinski definition) is 2. The molecule has 3 heterocycles. The number of ether oxygens (including phenoxy) is 2. The fourth-order valence-corrected chi connectivity index (χ4v) is 5.20. The quantitative estimate of drug-likeness (QED) is 0.484. The smallest absolute Gasteiger partial charge is 0.253 e. The van der Waals surface area contributed by atoms with Crippen molar-refractivity contribution < 1.29 is 14.3 Å². The third kappa shape index (κ3) is 7.63. The molecular formula is C28H39N5O3S. The number of benzene rings is 1. The van der Waals surface area contributed by atoms with E-state index in [4.69, 9.17) is 26.7 Å². The van der Waals surface area contributed by atoms with Crippen molar-refractivity contribution >= 4 is 23.2 Å². The maximum Gasteiger partial charge on any atom is 0.253 e. The Bertz CT molecular complexity index is 1050. The Hall–Kier alpha value is -2.75. The van der Waals surface area contributed by atoms with Crippen molar-refractivity contribution in [3.8, 4) is 5.75 Å². The molecule has 1 aromatic heterocycles. The molecule has 0 unspecified atom stereocenters. The second-order valence-corrected chi connectivity index (χ2v) is 9.94.